The molecule has 7 heteroatoms. The second kappa shape index (κ2) is 11.6. The Morgan fingerprint density at radius 3 is 2.45 bits per heavy atom. The molecular weight excluding hydrogens is 433 g/mol. The summed E-state index contributed by atoms with van der Waals surface area (Å²) in [7, 11) is -3.90. The van der Waals surface area contributed by atoms with E-state index in [-0.39, 0.29) is 11.6 Å². The third-order valence-corrected chi connectivity index (χ3v) is 7.24. The summed E-state index contributed by atoms with van der Waals surface area (Å²) in [4.78, 5) is 17.7. The minimum absolute atomic E-state index is 0.0841. The van der Waals surface area contributed by atoms with Crippen molar-refractivity contribution in [3.05, 3.63) is 70.2 Å². The molecule has 5 nitrogen and oxygen atoms in total. The number of halogens is 1. The van der Waals surface area contributed by atoms with Crippen LogP contribution < -0.4 is 5.32 Å². The number of unbranched alkanes of at least 4 members (excludes halogenated alkanes) is 2. The summed E-state index contributed by atoms with van der Waals surface area (Å²) in [5.41, 5.74) is 3.87. The highest BCUT2D eigenvalue weighted by molar-refractivity contribution is 7.51. The van der Waals surface area contributed by atoms with Gasteiger partial charge in [0.2, 0.25) is 0 Å². The molecule has 0 aromatic heterocycles. The topological polar surface area (TPSA) is 78.8 Å². The fraction of sp³-hybridized carbons (Fsp3) is 0.500. The predicted molar refractivity (Wildman–Crippen MR) is 126 cm³/mol. The van der Waals surface area contributed by atoms with Gasteiger partial charge in [-0.15, -0.1) is 0 Å². The van der Waals surface area contributed by atoms with Crippen molar-refractivity contribution in [1.82, 2.24) is 5.32 Å². The van der Waals surface area contributed by atoms with Crippen LogP contribution in [0.15, 0.2) is 48.5 Å². The quantitative estimate of drug-likeness (QED) is 0.284. The molecule has 0 unspecified atom stereocenters. The first-order valence-electron chi connectivity index (χ1n) is 11.0. The van der Waals surface area contributed by atoms with Crippen molar-refractivity contribution in [3.63, 3.8) is 0 Å². The van der Waals surface area contributed by atoms with Crippen molar-refractivity contribution in [2.45, 2.75) is 50.5 Å². The number of nitrogens with one attached hydrogen (secondary N) is 1. The molecule has 2 aromatic carbocycles. The van der Waals surface area contributed by atoms with Crippen molar-refractivity contribution in [3.8, 4) is 0 Å². The molecule has 31 heavy (non-hydrogen) atoms. The Labute approximate surface area is 190 Å². The molecule has 3 rings (SSSR count). The van der Waals surface area contributed by atoms with E-state index in [4.69, 9.17) is 26.1 Å². The molecular formula is C24H33ClNO4P. The minimum Gasteiger partial charge on any atom is -0.379 e. The smallest absolute Gasteiger partial charge is 0.325 e. The molecule has 0 amide bonds. The SMILES string of the molecule is O=P(O)(O)CCCNCc1ccc(CCCCCC2(c3ccccc3)COC2)c(Cl)c1. The zero-order chi connectivity index (χ0) is 22.2. The third kappa shape index (κ3) is 7.71. The maximum absolute atomic E-state index is 10.8. The molecule has 170 valence electrons. The van der Waals surface area contributed by atoms with Crippen molar-refractivity contribution in [2.75, 3.05) is 25.9 Å². The van der Waals surface area contributed by atoms with E-state index in [9.17, 15) is 4.57 Å². The largest absolute Gasteiger partial charge is 0.379 e. The Bertz CT molecular complexity index is 867. The van der Waals surface area contributed by atoms with Gasteiger partial charge in [-0.05, 0) is 55.0 Å². The van der Waals surface area contributed by atoms with Gasteiger partial charge in [-0.2, -0.15) is 0 Å². The van der Waals surface area contributed by atoms with Gasteiger partial charge in [0.1, 0.15) is 0 Å². The summed E-state index contributed by atoms with van der Waals surface area (Å²) in [6.45, 7) is 2.88. The lowest BCUT2D eigenvalue weighted by Gasteiger charge is -2.42. The molecule has 3 N–H and O–H groups in total. The first kappa shape index (κ1) is 24.4. The normalized spacial score (nSPS) is 15.6. The van der Waals surface area contributed by atoms with Crippen LogP contribution in [0.25, 0.3) is 0 Å². The number of benzene rings is 2. The highest BCUT2D eigenvalue weighted by Gasteiger charge is 2.39. The van der Waals surface area contributed by atoms with Gasteiger partial charge in [-0.1, -0.05) is 66.9 Å². The molecule has 1 aliphatic rings. The van der Waals surface area contributed by atoms with Crippen LogP contribution in [0.4, 0.5) is 0 Å². The van der Waals surface area contributed by atoms with Crippen LogP contribution in [0.2, 0.25) is 5.02 Å². The molecule has 0 radical (unpaired) electrons. The Hall–Kier alpha value is -1.20. The van der Waals surface area contributed by atoms with E-state index in [2.05, 4.69) is 47.8 Å². The molecule has 1 heterocycles. The Morgan fingerprint density at radius 2 is 1.81 bits per heavy atom. The van der Waals surface area contributed by atoms with Crippen LogP contribution in [0.5, 0.6) is 0 Å². The standard InChI is InChI=1S/C24H33ClNO4P/c25-23-16-20(17-26-14-7-15-31(27,28)29)11-12-21(23)8-3-2-6-13-24(18-30-19-24)22-9-4-1-5-10-22/h1,4-5,9-12,16,26H,2-3,6-8,13-15,17-19H2,(H2,27,28,29). The molecule has 1 fully saturated rings. The van der Waals surface area contributed by atoms with E-state index < -0.39 is 7.60 Å². The summed E-state index contributed by atoms with van der Waals surface area (Å²) < 4.78 is 16.4. The van der Waals surface area contributed by atoms with Crippen LogP contribution >= 0.6 is 19.2 Å². The minimum atomic E-state index is -3.90. The van der Waals surface area contributed by atoms with E-state index in [0.717, 1.165) is 43.1 Å². The summed E-state index contributed by atoms with van der Waals surface area (Å²) in [6.07, 6.45) is 5.99. The molecule has 0 atom stereocenters. The van der Waals surface area contributed by atoms with Gasteiger partial charge in [0.05, 0.1) is 19.4 Å². The first-order chi connectivity index (χ1) is 14.9. The average Bonchev–Trinajstić information content (AvgIpc) is 2.70. The molecule has 2 aromatic rings. The van der Waals surface area contributed by atoms with Gasteiger partial charge in [0.15, 0.2) is 0 Å². The predicted octanol–water partition coefficient (Wildman–Crippen LogP) is 5.07. The number of hydrogen-bond acceptors (Lipinski definition) is 3. The zero-order valence-electron chi connectivity index (χ0n) is 17.9. The van der Waals surface area contributed by atoms with Crippen molar-refractivity contribution in [2.24, 2.45) is 0 Å². The lowest BCUT2D eigenvalue weighted by molar-refractivity contribution is -0.0654. The lowest BCUT2D eigenvalue weighted by Crippen LogP contribution is -2.46. The van der Waals surface area contributed by atoms with Crippen molar-refractivity contribution >= 4 is 19.2 Å². The van der Waals surface area contributed by atoms with Gasteiger partial charge >= 0.3 is 7.60 Å². The van der Waals surface area contributed by atoms with Gasteiger partial charge in [-0.25, -0.2) is 0 Å². The summed E-state index contributed by atoms with van der Waals surface area (Å²) >= 11 is 6.48. The fourth-order valence-corrected chi connectivity index (χ4v) is 4.97. The molecule has 1 aliphatic heterocycles. The first-order valence-corrected chi connectivity index (χ1v) is 13.2. The second-order valence-electron chi connectivity index (χ2n) is 8.54. The molecule has 0 bridgehead atoms. The molecule has 1 saturated heterocycles. The third-order valence-electron chi connectivity index (χ3n) is 5.99. The van der Waals surface area contributed by atoms with Crippen molar-refractivity contribution < 1.29 is 19.1 Å². The van der Waals surface area contributed by atoms with Crippen LogP contribution in [-0.2, 0) is 27.7 Å². The molecule has 0 saturated carbocycles. The highest BCUT2D eigenvalue weighted by Crippen LogP contribution is 2.37. The Balaban J connectivity index is 1.35. The van der Waals surface area contributed by atoms with Gasteiger partial charge in [0, 0.05) is 17.0 Å². The van der Waals surface area contributed by atoms with E-state index in [1.165, 1.54) is 24.0 Å². The Morgan fingerprint density at radius 1 is 1.03 bits per heavy atom. The van der Waals surface area contributed by atoms with Crippen LogP contribution in [-0.4, -0.2) is 35.7 Å². The zero-order valence-corrected chi connectivity index (χ0v) is 19.6. The maximum atomic E-state index is 10.8. The number of aryl methyl sites for hydroxylation is 1. The van der Waals surface area contributed by atoms with Gasteiger partial charge < -0.3 is 19.8 Å². The molecule has 0 aliphatic carbocycles. The van der Waals surface area contributed by atoms with Crippen LogP contribution in [0.3, 0.4) is 0 Å². The fourth-order valence-electron chi connectivity index (χ4n) is 4.10. The van der Waals surface area contributed by atoms with E-state index >= 15 is 0 Å². The van der Waals surface area contributed by atoms with E-state index in [1.54, 1.807) is 0 Å². The van der Waals surface area contributed by atoms with Crippen LogP contribution in [0.1, 0.15) is 48.8 Å². The summed E-state index contributed by atoms with van der Waals surface area (Å²) in [6, 6.07) is 16.9. The molecule has 0 spiro atoms. The number of hydrogen-bond donors (Lipinski definition) is 3. The monoisotopic (exact) mass is 465 g/mol. The van der Waals surface area contributed by atoms with Crippen molar-refractivity contribution in [1.29, 1.82) is 0 Å². The second-order valence-corrected chi connectivity index (χ2v) is 10.7. The number of rotatable bonds is 13. The summed E-state index contributed by atoms with van der Waals surface area (Å²) in [5.74, 6) is 0. The average molecular weight is 466 g/mol. The maximum Gasteiger partial charge on any atom is 0.325 e. The van der Waals surface area contributed by atoms with E-state index in [0.29, 0.717) is 19.5 Å². The van der Waals surface area contributed by atoms with Gasteiger partial charge in [-0.3, -0.25) is 4.57 Å². The van der Waals surface area contributed by atoms with Crippen LogP contribution in [0, 0.1) is 0 Å². The highest BCUT2D eigenvalue weighted by atomic mass is 35.5. The van der Waals surface area contributed by atoms with E-state index in [1.807, 2.05) is 6.07 Å². The lowest BCUT2D eigenvalue weighted by atomic mass is 9.74. The van der Waals surface area contributed by atoms with Gasteiger partial charge in [0.25, 0.3) is 0 Å². The number of ether oxygens (including phenoxy) is 1. The Kier molecular flexibility index (Phi) is 9.15. The summed E-state index contributed by atoms with van der Waals surface area (Å²) in [5, 5.41) is 4.00.